The Hall–Kier alpha value is -1.95. The molecule has 6 heteroatoms. The van der Waals surface area contributed by atoms with Crippen LogP contribution in [-0.4, -0.2) is 31.6 Å². The number of hydrogen-bond donors (Lipinski definition) is 0. The largest absolute Gasteiger partial charge is 0.333 e. The molecule has 1 aliphatic rings. The second-order valence-corrected chi connectivity index (χ2v) is 10.8. The lowest BCUT2D eigenvalue weighted by molar-refractivity contribution is -0.197. The molecule has 1 aromatic rings. The van der Waals surface area contributed by atoms with E-state index in [2.05, 4.69) is 39.8 Å². The van der Waals surface area contributed by atoms with E-state index in [9.17, 15) is 14.4 Å². The monoisotopic (exact) mass is 360 g/mol. The fourth-order valence-corrected chi connectivity index (χ4v) is 6.60. The molecule has 1 heterocycles. The lowest BCUT2D eigenvalue weighted by Gasteiger charge is -2.23. The summed E-state index contributed by atoms with van der Waals surface area (Å²) in [5, 5.41) is 1.99. The Morgan fingerprint density at radius 3 is 2.28 bits per heavy atom. The lowest BCUT2D eigenvalue weighted by Crippen LogP contribution is -2.36. The Labute approximate surface area is 150 Å². The van der Waals surface area contributed by atoms with Gasteiger partial charge in [0.05, 0.1) is 15.2 Å². The summed E-state index contributed by atoms with van der Waals surface area (Å²) in [5.41, 5.74) is 2.35. The molecule has 2 amide bonds. The summed E-state index contributed by atoms with van der Waals surface area (Å²) in [5.74, 6) is -1.44. The predicted octanol–water partition coefficient (Wildman–Crippen LogP) is 2.75. The second kappa shape index (κ2) is 8.42. The first-order valence-corrected chi connectivity index (χ1v) is 10.5. The molecule has 1 aromatic carbocycles. The van der Waals surface area contributed by atoms with Gasteiger partial charge in [-0.15, -0.1) is 5.06 Å². The van der Waals surface area contributed by atoms with E-state index >= 15 is 0 Å². The van der Waals surface area contributed by atoms with E-state index in [4.69, 9.17) is 4.84 Å². The molecule has 2 rings (SSSR count). The van der Waals surface area contributed by atoms with Crippen LogP contribution in [0.2, 0.25) is 11.1 Å². The molecular weight excluding hydrogens is 334 g/mol. The Balaban J connectivity index is 1.97. The Morgan fingerprint density at radius 1 is 1.12 bits per heavy atom. The molecular formula is C19H26NO4Si. The van der Waals surface area contributed by atoms with Crippen molar-refractivity contribution in [3.8, 4) is 0 Å². The summed E-state index contributed by atoms with van der Waals surface area (Å²) < 4.78 is 0. The summed E-state index contributed by atoms with van der Waals surface area (Å²) in [7, 11) is -0.663. The first kappa shape index (κ1) is 19.4. The van der Waals surface area contributed by atoms with Gasteiger partial charge in [-0.05, 0) is 23.1 Å². The highest BCUT2D eigenvalue weighted by molar-refractivity contribution is 6.75. The summed E-state index contributed by atoms with van der Waals surface area (Å²) in [6.45, 7) is 9.07. The average molecular weight is 361 g/mol. The maximum atomic E-state index is 11.9. The van der Waals surface area contributed by atoms with Crippen LogP contribution in [0.1, 0.15) is 52.5 Å². The number of hydroxylamine groups is 2. The van der Waals surface area contributed by atoms with Crippen LogP contribution < -0.4 is 5.19 Å². The zero-order valence-corrected chi connectivity index (χ0v) is 16.4. The van der Waals surface area contributed by atoms with Crippen molar-refractivity contribution in [3.63, 3.8) is 0 Å². The molecule has 135 valence electrons. The number of rotatable bonds is 7. The van der Waals surface area contributed by atoms with Gasteiger partial charge in [-0.2, -0.15) is 0 Å². The molecule has 25 heavy (non-hydrogen) atoms. The quantitative estimate of drug-likeness (QED) is 0.554. The van der Waals surface area contributed by atoms with Gasteiger partial charge >= 0.3 is 5.97 Å². The van der Waals surface area contributed by atoms with E-state index in [1.807, 2.05) is 12.1 Å². The molecule has 0 aromatic heterocycles. The van der Waals surface area contributed by atoms with E-state index in [1.165, 1.54) is 5.19 Å². The first-order chi connectivity index (χ1) is 11.8. The van der Waals surface area contributed by atoms with Gasteiger partial charge in [-0.25, -0.2) is 4.79 Å². The Morgan fingerprint density at radius 2 is 1.72 bits per heavy atom. The predicted molar refractivity (Wildman–Crippen MR) is 97.5 cm³/mol. The fraction of sp³-hybridized carbons (Fsp3) is 0.526. The highest BCUT2D eigenvalue weighted by Crippen LogP contribution is 2.20. The van der Waals surface area contributed by atoms with Crippen molar-refractivity contribution in [1.82, 2.24) is 5.06 Å². The minimum absolute atomic E-state index is 0.114. The van der Waals surface area contributed by atoms with Crippen LogP contribution in [0.5, 0.6) is 0 Å². The van der Waals surface area contributed by atoms with Crippen molar-refractivity contribution in [2.75, 3.05) is 0 Å². The van der Waals surface area contributed by atoms with Crippen LogP contribution >= 0.6 is 0 Å². The molecule has 1 fully saturated rings. The van der Waals surface area contributed by atoms with Crippen molar-refractivity contribution in [2.24, 2.45) is 0 Å². The fourth-order valence-electron chi connectivity index (χ4n) is 3.29. The number of hydrogen-bond acceptors (Lipinski definition) is 4. The van der Waals surface area contributed by atoms with Gasteiger partial charge in [0.1, 0.15) is 0 Å². The van der Waals surface area contributed by atoms with Crippen LogP contribution in [0.3, 0.4) is 0 Å². The van der Waals surface area contributed by atoms with E-state index in [0.29, 0.717) is 22.6 Å². The van der Waals surface area contributed by atoms with E-state index in [-0.39, 0.29) is 19.3 Å². The maximum Gasteiger partial charge on any atom is 0.333 e. The van der Waals surface area contributed by atoms with Crippen LogP contribution in [0.4, 0.5) is 0 Å². The normalized spacial score (nSPS) is 14.9. The SMILES string of the molecule is CC(C)[Si](c1cccc(CCC(=O)ON2C(=O)CCC2=O)c1)C(C)C. The number of imide groups is 1. The topological polar surface area (TPSA) is 63.7 Å². The Bertz CT molecular complexity index is 633. The van der Waals surface area contributed by atoms with Crippen molar-refractivity contribution in [2.45, 2.75) is 64.5 Å². The summed E-state index contributed by atoms with van der Waals surface area (Å²) in [4.78, 5) is 39.8. The van der Waals surface area contributed by atoms with Crippen LogP contribution in [0.15, 0.2) is 24.3 Å². The molecule has 1 saturated heterocycles. The van der Waals surface area contributed by atoms with E-state index in [1.54, 1.807) is 0 Å². The zero-order valence-electron chi connectivity index (χ0n) is 15.4. The van der Waals surface area contributed by atoms with Crippen molar-refractivity contribution >= 4 is 31.8 Å². The smallest absolute Gasteiger partial charge is 0.330 e. The van der Waals surface area contributed by atoms with Gasteiger partial charge in [0, 0.05) is 12.8 Å². The van der Waals surface area contributed by atoms with Gasteiger partial charge in [-0.1, -0.05) is 57.1 Å². The van der Waals surface area contributed by atoms with Gasteiger partial charge < -0.3 is 4.84 Å². The highest BCUT2D eigenvalue weighted by Gasteiger charge is 2.32. The number of aryl methyl sites for hydroxylation is 1. The Kier molecular flexibility index (Phi) is 6.53. The molecule has 0 bridgehead atoms. The van der Waals surface area contributed by atoms with Crippen molar-refractivity contribution in [3.05, 3.63) is 29.8 Å². The third kappa shape index (κ3) is 5.01. The minimum atomic E-state index is -0.663. The van der Waals surface area contributed by atoms with E-state index in [0.717, 1.165) is 5.56 Å². The van der Waals surface area contributed by atoms with Crippen LogP contribution in [-0.2, 0) is 25.6 Å². The molecule has 5 nitrogen and oxygen atoms in total. The first-order valence-electron chi connectivity index (χ1n) is 8.82. The molecule has 1 radical (unpaired) electrons. The van der Waals surface area contributed by atoms with Crippen molar-refractivity contribution < 1.29 is 19.2 Å². The lowest BCUT2D eigenvalue weighted by atomic mass is 10.1. The summed E-state index contributed by atoms with van der Waals surface area (Å²) >= 11 is 0. The number of amides is 2. The number of carbonyl (C=O) groups excluding carboxylic acids is 3. The molecule has 0 saturated carbocycles. The summed E-state index contributed by atoms with van der Waals surface area (Å²) in [6.07, 6.45) is 0.910. The third-order valence-corrected chi connectivity index (χ3v) is 7.79. The van der Waals surface area contributed by atoms with Gasteiger partial charge in [0.2, 0.25) is 0 Å². The zero-order chi connectivity index (χ0) is 18.6. The maximum absolute atomic E-state index is 11.9. The standard InChI is InChI=1S/C19H26NO4Si/c1-13(2)25(14(3)4)16-7-5-6-15(12-16)8-11-19(23)24-20-17(21)9-10-18(20)22/h5-7,12-14H,8-11H2,1-4H3. The third-order valence-electron chi connectivity index (χ3n) is 4.32. The molecule has 1 aliphatic heterocycles. The number of benzene rings is 1. The van der Waals surface area contributed by atoms with Gasteiger partial charge in [0.15, 0.2) is 0 Å². The van der Waals surface area contributed by atoms with Crippen LogP contribution in [0.25, 0.3) is 0 Å². The average Bonchev–Trinajstić information content (AvgIpc) is 2.84. The van der Waals surface area contributed by atoms with E-state index < -0.39 is 26.6 Å². The number of carbonyl (C=O) groups is 3. The molecule has 0 N–H and O–H groups in total. The minimum Gasteiger partial charge on any atom is -0.330 e. The number of nitrogens with zero attached hydrogens (tertiary/aromatic N) is 1. The highest BCUT2D eigenvalue weighted by atomic mass is 28.3. The van der Waals surface area contributed by atoms with Gasteiger partial charge in [0.25, 0.3) is 11.8 Å². The molecule has 0 atom stereocenters. The molecule has 0 unspecified atom stereocenters. The molecule has 0 aliphatic carbocycles. The summed E-state index contributed by atoms with van der Waals surface area (Å²) in [6, 6.07) is 8.41. The van der Waals surface area contributed by atoms with Crippen LogP contribution in [0, 0.1) is 0 Å². The van der Waals surface area contributed by atoms with Crippen molar-refractivity contribution in [1.29, 1.82) is 0 Å². The molecule has 0 spiro atoms. The second-order valence-electron chi connectivity index (χ2n) is 7.01. The van der Waals surface area contributed by atoms with Gasteiger partial charge in [-0.3, -0.25) is 9.59 Å².